The lowest BCUT2D eigenvalue weighted by molar-refractivity contribution is 0.472. The van der Waals surface area contributed by atoms with Gasteiger partial charge in [0.15, 0.2) is 0 Å². The molecule has 0 atom stereocenters. The van der Waals surface area contributed by atoms with E-state index >= 15 is 0 Å². The molecule has 1 aromatic rings. The Kier molecular flexibility index (Phi) is 1.02. The van der Waals surface area contributed by atoms with Crippen LogP contribution in [-0.4, -0.2) is 5.11 Å². The van der Waals surface area contributed by atoms with Crippen LogP contribution in [0.5, 0.6) is 5.75 Å². The summed E-state index contributed by atoms with van der Waals surface area (Å²) in [5, 5.41) is 11.1. The van der Waals surface area contributed by atoms with Crippen molar-refractivity contribution in [2.75, 3.05) is 0 Å². The second-order valence-electron chi connectivity index (χ2n) is 2.44. The van der Waals surface area contributed by atoms with Crippen LogP contribution in [0.4, 0.5) is 0 Å². The van der Waals surface area contributed by atoms with Gasteiger partial charge in [-0.05, 0) is 30.2 Å². The molecule has 0 unspecified atom stereocenters. The highest BCUT2D eigenvalue weighted by Crippen LogP contribution is 2.46. The first-order valence-electron chi connectivity index (χ1n) is 3.14. The zero-order valence-electron chi connectivity index (χ0n) is 5.00. The zero-order valence-corrected chi connectivity index (χ0v) is 5.82. The summed E-state index contributed by atoms with van der Waals surface area (Å²) >= 11 is 1.67. The molecule has 1 saturated carbocycles. The maximum atomic E-state index is 9.17. The van der Waals surface area contributed by atoms with E-state index in [1.807, 2.05) is 5.38 Å². The number of hydrogen-bond donors (Lipinski definition) is 1. The summed E-state index contributed by atoms with van der Waals surface area (Å²) in [6.45, 7) is 0. The molecule has 0 saturated heterocycles. The third kappa shape index (κ3) is 0.833. The maximum absolute atomic E-state index is 9.17. The average Bonchev–Trinajstić information content (AvgIpc) is 2.58. The first kappa shape index (κ1) is 5.30. The summed E-state index contributed by atoms with van der Waals surface area (Å²) in [5.41, 5.74) is 0. The molecule has 2 rings (SSSR count). The lowest BCUT2D eigenvalue weighted by Gasteiger charge is -1.89. The molecule has 9 heavy (non-hydrogen) atoms. The molecule has 0 bridgehead atoms. The second kappa shape index (κ2) is 1.74. The molecule has 48 valence electrons. The van der Waals surface area contributed by atoms with Gasteiger partial charge in [-0.3, -0.25) is 0 Å². The minimum absolute atomic E-state index is 0.502. The van der Waals surface area contributed by atoms with Crippen LogP contribution in [0.3, 0.4) is 0 Å². The van der Waals surface area contributed by atoms with Gasteiger partial charge in [-0.2, -0.15) is 0 Å². The van der Waals surface area contributed by atoms with Crippen molar-refractivity contribution in [3.8, 4) is 5.75 Å². The van der Waals surface area contributed by atoms with E-state index in [4.69, 9.17) is 0 Å². The highest BCUT2D eigenvalue weighted by molar-refractivity contribution is 7.10. The van der Waals surface area contributed by atoms with E-state index in [-0.39, 0.29) is 0 Å². The van der Waals surface area contributed by atoms with E-state index in [0.717, 1.165) is 0 Å². The highest BCUT2D eigenvalue weighted by atomic mass is 32.1. The molecule has 0 aliphatic heterocycles. The van der Waals surface area contributed by atoms with Crippen molar-refractivity contribution in [2.24, 2.45) is 0 Å². The van der Waals surface area contributed by atoms with Crippen LogP contribution in [0, 0.1) is 0 Å². The van der Waals surface area contributed by atoms with Crippen LogP contribution in [0.15, 0.2) is 11.4 Å². The third-order valence-electron chi connectivity index (χ3n) is 1.62. The van der Waals surface area contributed by atoms with E-state index < -0.39 is 0 Å². The molecular weight excluding hydrogens is 132 g/mol. The van der Waals surface area contributed by atoms with Crippen LogP contribution in [0.2, 0.25) is 0 Å². The summed E-state index contributed by atoms with van der Waals surface area (Å²) in [4.78, 5) is 1.19. The predicted molar refractivity (Wildman–Crippen MR) is 38.0 cm³/mol. The summed E-state index contributed by atoms with van der Waals surface area (Å²) in [7, 11) is 0. The smallest absolute Gasteiger partial charge is 0.129 e. The Morgan fingerprint density at radius 3 is 2.78 bits per heavy atom. The molecule has 0 radical (unpaired) electrons. The first-order chi connectivity index (χ1) is 4.38. The van der Waals surface area contributed by atoms with Gasteiger partial charge < -0.3 is 5.11 Å². The van der Waals surface area contributed by atoms with Crippen molar-refractivity contribution in [3.05, 3.63) is 16.3 Å². The van der Waals surface area contributed by atoms with Gasteiger partial charge in [-0.15, -0.1) is 11.3 Å². The van der Waals surface area contributed by atoms with Gasteiger partial charge in [-0.25, -0.2) is 0 Å². The van der Waals surface area contributed by atoms with Crippen molar-refractivity contribution in [2.45, 2.75) is 18.8 Å². The SMILES string of the molecule is Oc1ccsc1C1CC1. The number of hydrogen-bond acceptors (Lipinski definition) is 2. The summed E-state index contributed by atoms with van der Waals surface area (Å²) in [5.74, 6) is 1.20. The van der Waals surface area contributed by atoms with Crippen LogP contribution < -0.4 is 0 Å². The highest BCUT2D eigenvalue weighted by Gasteiger charge is 2.26. The normalized spacial score (nSPS) is 18.2. The van der Waals surface area contributed by atoms with Crippen molar-refractivity contribution in [3.63, 3.8) is 0 Å². The fraction of sp³-hybridized carbons (Fsp3) is 0.429. The van der Waals surface area contributed by atoms with Crippen LogP contribution >= 0.6 is 11.3 Å². The Labute approximate surface area is 58.0 Å². The molecule has 0 aromatic carbocycles. The topological polar surface area (TPSA) is 20.2 Å². The Bertz CT molecular complexity index is 212. The van der Waals surface area contributed by atoms with E-state index in [9.17, 15) is 5.11 Å². The number of thiophene rings is 1. The van der Waals surface area contributed by atoms with Crippen molar-refractivity contribution < 1.29 is 5.11 Å². The Balaban J connectivity index is 2.35. The molecule has 1 aliphatic rings. The van der Waals surface area contributed by atoms with Gasteiger partial charge in [0.1, 0.15) is 5.75 Å². The Morgan fingerprint density at radius 2 is 2.33 bits per heavy atom. The van der Waals surface area contributed by atoms with E-state index in [0.29, 0.717) is 11.7 Å². The van der Waals surface area contributed by atoms with Crippen molar-refractivity contribution in [1.82, 2.24) is 0 Å². The minimum atomic E-state index is 0.502. The fourth-order valence-electron chi connectivity index (χ4n) is 0.965. The van der Waals surface area contributed by atoms with Gasteiger partial charge in [0.2, 0.25) is 0 Å². The summed E-state index contributed by atoms with van der Waals surface area (Å²) in [6, 6.07) is 1.78. The average molecular weight is 140 g/mol. The quantitative estimate of drug-likeness (QED) is 0.634. The molecule has 1 aliphatic carbocycles. The molecule has 2 heteroatoms. The van der Waals surface area contributed by atoms with Crippen LogP contribution in [0.25, 0.3) is 0 Å². The van der Waals surface area contributed by atoms with Crippen LogP contribution in [-0.2, 0) is 0 Å². The lowest BCUT2D eigenvalue weighted by atomic mass is 10.3. The summed E-state index contributed by atoms with van der Waals surface area (Å²) < 4.78 is 0. The third-order valence-corrected chi connectivity index (χ3v) is 2.69. The first-order valence-corrected chi connectivity index (χ1v) is 4.02. The van der Waals surface area contributed by atoms with Gasteiger partial charge >= 0.3 is 0 Å². The zero-order chi connectivity index (χ0) is 6.27. The molecule has 1 aromatic heterocycles. The number of aromatic hydroxyl groups is 1. The van der Waals surface area contributed by atoms with Crippen molar-refractivity contribution >= 4 is 11.3 Å². The van der Waals surface area contributed by atoms with Gasteiger partial charge in [-0.1, -0.05) is 0 Å². The van der Waals surface area contributed by atoms with Crippen LogP contribution in [0.1, 0.15) is 23.6 Å². The largest absolute Gasteiger partial charge is 0.507 e. The molecule has 0 amide bonds. The Morgan fingerprint density at radius 1 is 1.56 bits per heavy atom. The maximum Gasteiger partial charge on any atom is 0.129 e. The molecule has 1 N–H and O–H groups in total. The number of rotatable bonds is 1. The predicted octanol–water partition coefficient (Wildman–Crippen LogP) is 2.33. The van der Waals surface area contributed by atoms with Crippen molar-refractivity contribution in [1.29, 1.82) is 0 Å². The molecule has 1 heterocycles. The molecule has 0 spiro atoms. The molecule has 1 nitrogen and oxygen atoms in total. The standard InChI is InChI=1S/C7H8OS/c8-6-3-4-9-7(6)5-1-2-5/h3-5,8H,1-2H2. The van der Waals surface area contributed by atoms with E-state index in [1.54, 1.807) is 17.4 Å². The monoisotopic (exact) mass is 140 g/mol. The second-order valence-corrected chi connectivity index (χ2v) is 3.39. The van der Waals surface area contributed by atoms with E-state index in [1.165, 1.54) is 17.7 Å². The van der Waals surface area contributed by atoms with Gasteiger partial charge in [0.25, 0.3) is 0 Å². The summed E-state index contributed by atoms with van der Waals surface area (Å²) in [6.07, 6.45) is 2.54. The van der Waals surface area contributed by atoms with Gasteiger partial charge in [0, 0.05) is 4.88 Å². The van der Waals surface area contributed by atoms with E-state index in [2.05, 4.69) is 0 Å². The minimum Gasteiger partial charge on any atom is -0.507 e. The van der Waals surface area contributed by atoms with Gasteiger partial charge in [0.05, 0.1) is 0 Å². The fourth-order valence-corrected chi connectivity index (χ4v) is 1.93. The molecular formula is C7H8OS. The molecule has 1 fully saturated rings. The lowest BCUT2D eigenvalue weighted by Crippen LogP contribution is -1.67. The Hall–Kier alpha value is -0.500.